The zero-order valence-corrected chi connectivity index (χ0v) is 20.3. The third-order valence-corrected chi connectivity index (χ3v) is 5.88. The number of aromatic nitrogens is 1. The molecule has 19 heteroatoms. The molecule has 0 aliphatic carbocycles. The number of ether oxygens (including phenoxy) is 2. The fraction of sp³-hybridized carbons (Fsp3) is 0.438. The van der Waals surface area contributed by atoms with Gasteiger partial charge in [-0.05, 0) is 6.92 Å². The number of β-lactam (4-membered cyclic amide) rings is 1. The Morgan fingerprint density at radius 2 is 2.00 bits per heavy atom. The zero-order valence-electron chi connectivity index (χ0n) is 17.9. The summed E-state index contributed by atoms with van der Waals surface area (Å²) in [5.74, 6) is -5.81. The normalized spacial score (nSPS) is 17.8. The molecule has 1 aromatic rings. The van der Waals surface area contributed by atoms with E-state index in [0.717, 1.165) is 18.4 Å². The lowest BCUT2D eigenvalue weighted by Crippen LogP contribution is -2.75. The van der Waals surface area contributed by atoms with Crippen molar-refractivity contribution in [3.8, 4) is 0 Å². The topological polar surface area (TPSA) is 220 Å². The van der Waals surface area contributed by atoms with E-state index < -0.39 is 64.4 Å². The number of nitrogens with zero attached hydrogens (tertiary/aromatic N) is 3. The van der Waals surface area contributed by atoms with E-state index >= 15 is 0 Å². The largest absolute Gasteiger partial charge is 0.463 e. The Labute approximate surface area is 206 Å². The predicted molar refractivity (Wildman–Crippen MR) is 117 cm³/mol. The van der Waals surface area contributed by atoms with Crippen molar-refractivity contribution in [1.29, 1.82) is 0 Å². The number of nitrogens with one attached hydrogen (secondary N) is 2. The number of rotatable bonds is 11. The predicted octanol–water partition coefficient (Wildman–Crippen LogP) is -1.72. The van der Waals surface area contributed by atoms with E-state index in [9.17, 15) is 36.9 Å². The lowest BCUT2D eigenvalue weighted by Gasteiger charge is -2.42. The Bertz CT molecular complexity index is 1150. The lowest BCUT2D eigenvalue weighted by atomic mass is 9.98. The van der Waals surface area contributed by atoms with E-state index in [1.54, 1.807) is 0 Å². The van der Waals surface area contributed by atoms with Gasteiger partial charge in [0.2, 0.25) is 5.91 Å². The molecule has 0 aromatic carbocycles. The first-order valence-electron chi connectivity index (χ1n) is 9.31. The summed E-state index contributed by atoms with van der Waals surface area (Å²) in [6.45, 7) is 0.555. The van der Waals surface area contributed by atoms with Gasteiger partial charge in [0.15, 0.2) is 23.5 Å². The molecule has 0 radical (unpaired) electrons. The van der Waals surface area contributed by atoms with E-state index in [4.69, 9.17) is 11.6 Å². The van der Waals surface area contributed by atoms with Crippen LogP contribution in [-0.4, -0.2) is 95.9 Å². The Hall–Kier alpha value is -3.35. The Morgan fingerprint density at radius 1 is 1.31 bits per heavy atom. The van der Waals surface area contributed by atoms with Crippen LogP contribution in [0.3, 0.4) is 0 Å². The second-order valence-electron chi connectivity index (χ2n) is 6.26. The fourth-order valence-electron chi connectivity index (χ4n) is 2.61. The van der Waals surface area contributed by atoms with Gasteiger partial charge in [-0.1, -0.05) is 5.16 Å². The van der Waals surface area contributed by atoms with Gasteiger partial charge in [-0.3, -0.25) is 18.9 Å². The van der Waals surface area contributed by atoms with Gasteiger partial charge in [-0.2, -0.15) is 12.7 Å². The molecular formula is C16H18ClN5O11S2. The fourth-order valence-corrected chi connectivity index (χ4v) is 4.22. The van der Waals surface area contributed by atoms with Gasteiger partial charge in [0, 0.05) is 5.38 Å². The third kappa shape index (κ3) is 6.84. The maximum Gasteiger partial charge on any atom is 0.363 e. The van der Waals surface area contributed by atoms with Gasteiger partial charge >= 0.3 is 22.2 Å². The number of anilines is 1. The van der Waals surface area contributed by atoms with E-state index in [2.05, 4.69) is 35.1 Å². The quantitative estimate of drug-likeness (QED) is 0.0692. The third-order valence-electron chi connectivity index (χ3n) is 3.98. The molecule has 2 rings (SSSR count). The Kier molecular flexibility index (Phi) is 9.46. The van der Waals surface area contributed by atoms with Crippen LogP contribution in [0.15, 0.2) is 10.5 Å². The molecule has 0 saturated carbocycles. The van der Waals surface area contributed by atoms with Crippen molar-refractivity contribution >= 4 is 73.7 Å². The molecule has 1 aliphatic heterocycles. The van der Waals surface area contributed by atoms with Crippen molar-refractivity contribution < 1.29 is 51.3 Å². The average molecular weight is 556 g/mol. The molecule has 1 aliphatic rings. The maximum atomic E-state index is 12.8. The van der Waals surface area contributed by atoms with Gasteiger partial charge in [0.25, 0.3) is 11.8 Å². The van der Waals surface area contributed by atoms with Crippen LogP contribution < -0.4 is 10.6 Å². The number of carbonyl (C=O) groups is 5. The summed E-state index contributed by atoms with van der Waals surface area (Å²) in [6, 6.07) is -3.86. The number of carbonyl (C=O) groups excluding carboxylic acids is 5. The average Bonchev–Trinajstić information content (AvgIpc) is 3.24. The molecule has 3 N–H and O–H groups in total. The number of hydrogen-bond donors (Lipinski definition) is 3. The first-order chi connectivity index (χ1) is 16.4. The molecule has 0 unspecified atom stereocenters. The highest BCUT2D eigenvalue weighted by atomic mass is 35.5. The van der Waals surface area contributed by atoms with Crippen LogP contribution in [0.2, 0.25) is 0 Å². The van der Waals surface area contributed by atoms with Crippen LogP contribution in [0, 0.1) is 0 Å². The van der Waals surface area contributed by atoms with E-state index in [0.29, 0.717) is 0 Å². The highest BCUT2D eigenvalue weighted by molar-refractivity contribution is 7.84. The molecule has 0 spiro atoms. The molecule has 35 heavy (non-hydrogen) atoms. The maximum absolute atomic E-state index is 12.8. The first-order valence-corrected chi connectivity index (χ1v) is 12.1. The number of thiazole rings is 1. The minimum Gasteiger partial charge on any atom is -0.463 e. The standard InChI is InChI=1S/C16H18ClN5O11S2/c1-3-32-9(24)5-33-15(27)12-11(14(26)22(12)35(28,29)30)20-13(25)10(21-31-2)7-6-34-16(18-7)19-8(23)4-17/h6,11-12H,3-5H2,1-2H3,(H,20,25)(H,18,19,23)(H,28,29,30)/t11-,12-/m0/s1. The second kappa shape index (κ2) is 11.9. The molecule has 2 atom stereocenters. The van der Waals surface area contributed by atoms with Gasteiger partial charge in [0.05, 0.1) is 6.61 Å². The van der Waals surface area contributed by atoms with Gasteiger partial charge in [0.1, 0.15) is 24.7 Å². The number of halogens is 1. The van der Waals surface area contributed by atoms with Crippen LogP contribution in [0.5, 0.6) is 0 Å². The van der Waals surface area contributed by atoms with Crippen molar-refractivity contribution in [3.05, 3.63) is 11.1 Å². The van der Waals surface area contributed by atoms with E-state index in [1.807, 2.05) is 0 Å². The molecule has 3 amide bonds. The molecule has 16 nitrogen and oxygen atoms in total. The minimum atomic E-state index is -5.22. The minimum absolute atomic E-state index is 0.0242. The van der Waals surface area contributed by atoms with Crippen LogP contribution in [0.1, 0.15) is 12.6 Å². The van der Waals surface area contributed by atoms with Crippen molar-refractivity contribution in [2.45, 2.75) is 19.0 Å². The number of oxime groups is 1. The number of amides is 3. The summed E-state index contributed by atoms with van der Waals surface area (Å²) in [7, 11) is -4.12. The highest BCUT2D eigenvalue weighted by Gasteiger charge is 2.59. The second-order valence-corrected chi connectivity index (χ2v) is 8.68. The van der Waals surface area contributed by atoms with Gasteiger partial charge in [-0.15, -0.1) is 22.9 Å². The Balaban J connectivity index is 2.23. The van der Waals surface area contributed by atoms with Crippen LogP contribution in [-0.2, 0) is 48.6 Å². The SMILES string of the molecule is CCOC(=O)COC(=O)[C@@H]1[C@H](NC(=O)C(=NOC)c2csc(NC(=O)CCl)n2)C(=O)N1S(=O)(=O)O. The molecule has 1 aromatic heterocycles. The molecule has 1 saturated heterocycles. The van der Waals surface area contributed by atoms with Crippen molar-refractivity contribution in [1.82, 2.24) is 14.6 Å². The smallest absolute Gasteiger partial charge is 0.363 e. The van der Waals surface area contributed by atoms with Gasteiger partial charge < -0.3 is 24.9 Å². The summed E-state index contributed by atoms with van der Waals surface area (Å²) in [4.78, 5) is 68.8. The molecule has 2 heterocycles. The van der Waals surface area contributed by atoms with Crippen LogP contribution >= 0.6 is 22.9 Å². The van der Waals surface area contributed by atoms with Crippen LogP contribution in [0.4, 0.5) is 5.13 Å². The summed E-state index contributed by atoms with van der Waals surface area (Å²) >= 11 is 6.30. The molecule has 0 bridgehead atoms. The number of esters is 2. The zero-order chi connectivity index (χ0) is 26.3. The number of alkyl halides is 1. The summed E-state index contributed by atoms with van der Waals surface area (Å²) in [5.41, 5.74) is -0.620. The van der Waals surface area contributed by atoms with Crippen molar-refractivity contribution in [2.24, 2.45) is 5.16 Å². The Morgan fingerprint density at radius 3 is 2.57 bits per heavy atom. The monoisotopic (exact) mass is 555 g/mol. The summed E-state index contributed by atoms with van der Waals surface area (Å²) in [5, 5.41) is 9.29. The highest BCUT2D eigenvalue weighted by Crippen LogP contribution is 2.25. The molecular weight excluding hydrogens is 538 g/mol. The van der Waals surface area contributed by atoms with E-state index in [1.165, 1.54) is 12.3 Å². The number of hydrogen-bond acceptors (Lipinski definition) is 13. The molecule has 1 fully saturated rings. The lowest BCUT2D eigenvalue weighted by molar-refractivity contribution is -0.169. The van der Waals surface area contributed by atoms with Crippen LogP contribution in [0.25, 0.3) is 0 Å². The van der Waals surface area contributed by atoms with Crippen molar-refractivity contribution in [3.63, 3.8) is 0 Å². The van der Waals surface area contributed by atoms with Crippen molar-refractivity contribution in [2.75, 3.05) is 31.5 Å². The first kappa shape index (κ1) is 27.9. The van der Waals surface area contributed by atoms with Gasteiger partial charge in [-0.25, -0.2) is 14.6 Å². The van der Waals surface area contributed by atoms with E-state index in [-0.39, 0.29) is 27.6 Å². The summed E-state index contributed by atoms with van der Waals surface area (Å²) < 4.78 is 41.3. The summed E-state index contributed by atoms with van der Waals surface area (Å²) in [6.07, 6.45) is 0. The molecule has 192 valence electrons.